The Morgan fingerprint density at radius 2 is 1.65 bits per heavy atom. The third kappa shape index (κ3) is 8.58. The van der Waals surface area contributed by atoms with E-state index >= 15 is 4.39 Å². The Morgan fingerprint density at radius 3 is 2.34 bits per heavy atom. The lowest BCUT2D eigenvalue weighted by Crippen LogP contribution is -2.50. The van der Waals surface area contributed by atoms with Crippen molar-refractivity contribution >= 4 is 34.7 Å². The predicted molar refractivity (Wildman–Crippen MR) is 238 cm³/mol. The number of fused-ring (bicyclic) bond motifs is 1. The molecular formula is C48H59FN10O3. The lowest BCUT2D eigenvalue weighted by atomic mass is 9.75. The number of nitrogens with one attached hydrogen (secondary N) is 3. The minimum atomic E-state index is -0.534. The van der Waals surface area contributed by atoms with Crippen molar-refractivity contribution in [3.8, 4) is 22.3 Å². The molecule has 1 aromatic carbocycles. The van der Waals surface area contributed by atoms with Crippen LogP contribution in [0.3, 0.4) is 0 Å². The number of pyridine rings is 2. The molecule has 1 atom stereocenters. The van der Waals surface area contributed by atoms with Crippen molar-refractivity contribution in [1.29, 1.82) is 0 Å². The SMILES string of the molecule is CCC1(C(=O)NC(C)C)CCN(c2ccc(-c3cc(-c4cnn(C5CCC(N6CCC(c7ccc(NC8CCC(=O)NC8=O)cc7F)CC6)CC5)c4)cn4nccc34)cn2)CC1. The van der Waals surface area contributed by atoms with Gasteiger partial charge in [0.1, 0.15) is 17.7 Å². The summed E-state index contributed by atoms with van der Waals surface area (Å²) in [6, 6.07) is 14.2. The first-order chi connectivity index (χ1) is 30.1. The molecule has 9 rings (SSSR count). The molecule has 5 aromatic rings. The Hall–Kier alpha value is -5.63. The molecule has 4 aliphatic rings. The van der Waals surface area contributed by atoms with E-state index in [1.807, 2.05) is 55.2 Å². The van der Waals surface area contributed by atoms with Crippen molar-refractivity contribution in [3.63, 3.8) is 0 Å². The van der Waals surface area contributed by atoms with Gasteiger partial charge in [0.15, 0.2) is 0 Å². The number of likely N-dealkylation sites (tertiary alicyclic amines) is 1. The molecule has 14 heteroatoms. The molecule has 0 spiro atoms. The monoisotopic (exact) mass is 842 g/mol. The maximum Gasteiger partial charge on any atom is 0.249 e. The second-order valence-corrected chi connectivity index (χ2v) is 18.3. The van der Waals surface area contributed by atoms with E-state index in [0.717, 1.165) is 123 Å². The van der Waals surface area contributed by atoms with E-state index in [9.17, 15) is 14.4 Å². The number of nitrogens with zero attached hydrogens (tertiary/aromatic N) is 7. The molecule has 0 radical (unpaired) electrons. The van der Waals surface area contributed by atoms with Crippen LogP contribution in [-0.4, -0.2) is 91.3 Å². The van der Waals surface area contributed by atoms with Gasteiger partial charge in [-0.3, -0.25) is 24.4 Å². The number of carbonyl (C=O) groups excluding carboxylic acids is 3. The van der Waals surface area contributed by atoms with Gasteiger partial charge in [-0.25, -0.2) is 13.9 Å². The second-order valence-electron chi connectivity index (χ2n) is 18.3. The number of hydrogen-bond donors (Lipinski definition) is 3. The number of rotatable bonds is 11. The van der Waals surface area contributed by atoms with Crippen molar-refractivity contribution in [1.82, 2.24) is 39.9 Å². The third-order valence-electron chi connectivity index (χ3n) is 14.2. The maximum atomic E-state index is 15.4. The largest absolute Gasteiger partial charge is 0.374 e. The van der Waals surface area contributed by atoms with Gasteiger partial charge in [0.05, 0.1) is 23.2 Å². The molecule has 1 unspecified atom stereocenters. The van der Waals surface area contributed by atoms with Crippen LogP contribution >= 0.6 is 0 Å². The van der Waals surface area contributed by atoms with Crippen LogP contribution in [0.2, 0.25) is 0 Å². The molecule has 326 valence electrons. The molecule has 1 aliphatic carbocycles. The van der Waals surface area contributed by atoms with Crippen LogP contribution in [0, 0.1) is 11.2 Å². The Labute approximate surface area is 362 Å². The Bertz CT molecular complexity index is 2400. The smallest absolute Gasteiger partial charge is 0.249 e. The van der Waals surface area contributed by atoms with E-state index in [4.69, 9.17) is 10.1 Å². The summed E-state index contributed by atoms with van der Waals surface area (Å²) in [6.07, 6.45) is 19.3. The summed E-state index contributed by atoms with van der Waals surface area (Å²) in [6.45, 7) is 9.67. The summed E-state index contributed by atoms with van der Waals surface area (Å²) in [5.41, 5.74) is 6.19. The first kappa shape index (κ1) is 41.7. The average Bonchev–Trinajstić information content (AvgIpc) is 3.98. The topological polar surface area (TPSA) is 142 Å². The lowest BCUT2D eigenvalue weighted by molar-refractivity contribution is -0.134. The Balaban J connectivity index is 0.793. The van der Waals surface area contributed by atoms with Crippen LogP contribution in [0.1, 0.15) is 109 Å². The number of aromatic nitrogens is 5. The molecule has 3 aliphatic heterocycles. The number of amides is 3. The van der Waals surface area contributed by atoms with E-state index < -0.39 is 6.04 Å². The number of benzene rings is 1. The highest BCUT2D eigenvalue weighted by Gasteiger charge is 2.40. The van der Waals surface area contributed by atoms with Crippen molar-refractivity contribution in [2.45, 2.75) is 121 Å². The highest BCUT2D eigenvalue weighted by molar-refractivity contribution is 6.01. The fraction of sp³-hybridized carbons (Fsp3) is 0.500. The van der Waals surface area contributed by atoms with Gasteiger partial charge in [-0.15, -0.1) is 0 Å². The first-order valence-electron chi connectivity index (χ1n) is 22.7. The van der Waals surface area contributed by atoms with Gasteiger partial charge in [-0.2, -0.15) is 10.2 Å². The van der Waals surface area contributed by atoms with Crippen molar-refractivity contribution in [2.75, 3.05) is 36.4 Å². The lowest BCUT2D eigenvalue weighted by Gasteiger charge is -2.41. The molecule has 1 saturated carbocycles. The van der Waals surface area contributed by atoms with Crippen molar-refractivity contribution < 1.29 is 18.8 Å². The normalized spacial score (nSPS) is 22.5. The summed E-state index contributed by atoms with van der Waals surface area (Å²) >= 11 is 0. The average molecular weight is 843 g/mol. The predicted octanol–water partition coefficient (Wildman–Crippen LogP) is 7.50. The standard InChI is InChI=1S/C48H59FN10O3/c1-4-48(47(62)53-31(2)3)18-23-57(24-19-48)44-13-5-33(27-50-44)40-25-34(29-59-43(40)15-20-51-59)35-28-52-58(30-35)38-9-7-37(8-10-38)56-21-16-32(17-22-56)39-11-6-36(26-41(39)49)54-42-12-14-45(60)55-46(42)61/h5-6,11,13,15,20,25-32,37-38,42,54H,4,7-10,12,14,16-19,21-24H2,1-3H3,(H,53,62)(H,55,60,61). The van der Waals surface area contributed by atoms with E-state index in [1.54, 1.807) is 0 Å². The quantitative estimate of drug-likeness (QED) is 0.115. The maximum absolute atomic E-state index is 15.4. The molecule has 0 bridgehead atoms. The van der Waals surface area contributed by atoms with Crippen LogP contribution in [-0.2, 0) is 14.4 Å². The fourth-order valence-electron chi connectivity index (χ4n) is 10.4. The van der Waals surface area contributed by atoms with E-state index in [-0.39, 0.29) is 47.3 Å². The summed E-state index contributed by atoms with van der Waals surface area (Å²) in [5, 5.41) is 18.1. The molecule has 13 nitrogen and oxygen atoms in total. The molecule has 3 amide bonds. The molecule has 4 aromatic heterocycles. The Kier molecular flexibility index (Phi) is 11.9. The number of anilines is 2. The van der Waals surface area contributed by atoms with Gasteiger partial charge in [0.25, 0.3) is 0 Å². The Morgan fingerprint density at radius 1 is 0.871 bits per heavy atom. The second kappa shape index (κ2) is 17.6. The number of imide groups is 1. The van der Waals surface area contributed by atoms with Crippen LogP contribution in [0.4, 0.5) is 15.9 Å². The van der Waals surface area contributed by atoms with Gasteiger partial charge in [0, 0.05) is 84.3 Å². The summed E-state index contributed by atoms with van der Waals surface area (Å²) < 4.78 is 19.5. The highest BCUT2D eigenvalue weighted by Crippen LogP contribution is 2.39. The summed E-state index contributed by atoms with van der Waals surface area (Å²) in [7, 11) is 0. The summed E-state index contributed by atoms with van der Waals surface area (Å²) in [5.74, 6) is 0.408. The van der Waals surface area contributed by atoms with Gasteiger partial charge >= 0.3 is 0 Å². The van der Waals surface area contributed by atoms with Gasteiger partial charge < -0.3 is 20.4 Å². The van der Waals surface area contributed by atoms with Crippen LogP contribution in [0.5, 0.6) is 0 Å². The van der Waals surface area contributed by atoms with Crippen molar-refractivity contribution in [2.24, 2.45) is 5.41 Å². The van der Waals surface area contributed by atoms with Crippen LogP contribution < -0.4 is 20.9 Å². The number of halogens is 1. The first-order valence-corrected chi connectivity index (χ1v) is 22.7. The molecule has 3 N–H and O–H groups in total. The molecular weight excluding hydrogens is 784 g/mol. The number of piperidine rings is 3. The molecule has 3 saturated heterocycles. The van der Waals surface area contributed by atoms with Crippen LogP contribution in [0.15, 0.2) is 73.4 Å². The summed E-state index contributed by atoms with van der Waals surface area (Å²) in [4.78, 5) is 46.6. The zero-order valence-corrected chi connectivity index (χ0v) is 36.2. The van der Waals surface area contributed by atoms with Gasteiger partial charge in [-0.05, 0) is 139 Å². The minimum absolute atomic E-state index is 0.136. The van der Waals surface area contributed by atoms with E-state index in [0.29, 0.717) is 24.2 Å². The molecule has 62 heavy (non-hydrogen) atoms. The van der Waals surface area contributed by atoms with E-state index in [2.05, 4.69) is 73.0 Å². The zero-order valence-electron chi connectivity index (χ0n) is 36.2. The van der Waals surface area contributed by atoms with Crippen LogP contribution in [0.25, 0.3) is 27.8 Å². The molecule has 4 fully saturated rings. The number of hydrogen-bond acceptors (Lipinski definition) is 9. The van der Waals surface area contributed by atoms with Gasteiger partial charge in [0.2, 0.25) is 17.7 Å². The third-order valence-corrected chi connectivity index (χ3v) is 14.2. The molecule has 7 heterocycles. The van der Waals surface area contributed by atoms with Crippen molar-refractivity contribution in [3.05, 3.63) is 84.8 Å². The zero-order chi connectivity index (χ0) is 43.0. The van der Waals surface area contributed by atoms with E-state index in [1.165, 1.54) is 6.07 Å². The highest BCUT2D eigenvalue weighted by atomic mass is 19.1. The van der Waals surface area contributed by atoms with Gasteiger partial charge in [-0.1, -0.05) is 13.0 Å². The fourth-order valence-corrected chi connectivity index (χ4v) is 10.4. The minimum Gasteiger partial charge on any atom is -0.374 e. The number of carbonyl (C=O) groups is 3.